The third-order valence-corrected chi connectivity index (χ3v) is 5.69. The van der Waals surface area contributed by atoms with E-state index in [-0.39, 0.29) is 16.8 Å². The van der Waals surface area contributed by atoms with Gasteiger partial charge in [-0.2, -0.15) is 8.78 Å². The number of H-pyrrole nitrogens is 1. The number of aromatic amines is 1. The van der Waals surface area contributed by atoms with Gasteiger partial charge >= 0.3 is 5.92 Å². The van der Waals surface area contributed by atoms with Crippen LogP contribution in [0.1, 0.15) is 24.2 Å². The van der Waals surface area contributed by atoms with E-state index >= 15 is 0 Å². The van der Waals surface area contributed by atoms with Crippen LogP contribution in [0.15, 0.2) is 54.6 Å². The fraction of sp³-hybridized carbons (Fsp3) is 0.400. The van der Waals surface area contributed by atoms with Crippen LogP contribution in [-0.2, 0) is 12.3 Å². The molecule has 7 nitrogen and oxygen atoms in total. The molecule has 1 aromatic carbocycles. The lowest BCUT2D eigenvalue weighted by Crippen LogP contribution is -2.34. The zero-order valence-corrected chi connectivity index (χ0v) is 17.0. The maximum absolute atomic E-state index is 14.4. The first-order valence-corrected chi connectivity index (χ1v) is 10.6. The monoisotopic (exact) mass is 435 g/mol. The highest BCUT2D eigenvalue weighted by atomic mass is 32.2. The molecule has 0 saturated carbocycles. The fourth-order valence-corrected chi connectivity index (χ4v) is 4.02. The molecule has 2 unspecified atom stereocenters. The average Bonchev–Trinajstić information content (AvgIpc) is 3.39. The van der Waals surface area contributed by atoms with Crippen LogP contribution in [0.4, 0.5) is 13.6 Å². The van der Waals surface area contributed by atoms with E-state index in [4.69, 9.17) is 0 Å². The van der Waals surface area contributed by atoms with E-state index < -0.39 is 12.0 Å². The smallest absolute Gasteiger partial charge is 0.302 e. The molecule has 0 spiro atoms. The molecule has 30 heavy (non-hydrogen) atoms. The van der Waals surface area contributed by atoms with Gasteiger partial charge in [-0.1, -0.05) is 66.4 Å². The summed E-state index contributed by atoms with van der Waals surface area (Å²) >= 11 is 1.15. The van der Waals surface area contributed by atoms with Gasteiger partial charge in [0.05, 0.1) is 6.04 Å². The first kappa shape index (κ1) is 22.1. The SMILES string of the molecule is O=C1SCC(/C=C/C(O)C(F)(F)c2ccccc2)N1CC/C=C\CCc1nnn[nH]1. The Bertz CT molecular complexity index is 861. The Morgan fingerprint density at radius 2 is 2.07 bits per heavy atom. The minimum Gasteiger partial charge on any atom is -0.382 e. The number of aliphatic hydroxyl groups is 1. The summed E-state index contributed by atoms with van der Waals surface area (Å²) in [4.78, 5) is 13.8. The van der Waals surface area contributed by atoms with E-state index in [2.05, 4.69) is 20.6 Å². The lowest BCUT2D eigenvalue weighted by molar-refractivity contribution is -0.0929. The van der Waals surface area contributed by atoms with E-state index in [1.165, 1.54) is 30.3 Å². The normalized spacial score (nSPS) is 18.7. The molecule has 1 amide bonds. The standard InChI is InChI=1S/C20H23F2N5O2S/c21-20(22,15-8-4-3-5-9-15)17(28)12-11-16-14-30-19(29)27(16)13-7-2-1-6-10-18-23-25-26-24-18/h1-5,8-9,11-12,16-17,28H,6-7,10,13-14H2,(H,23,24,25,26)/b2-1-,12-11+. The van der Waals surface area contributed by atoms with Gasteiger partial charge in [0.1, 0.15) is 11.9 Å². The van der Waals surface area contributed by atoms with Gasteiger partial charge in [-0.3, -0.25) is 4.79 Å². The van der Waals surface area contributed by atoms with Gasteiger partial charge in [0.2, 0.25) is 0 Å². The lowest BCUT2D eigenvalue weighted by Gasteiger charge is -2.23. The van der Waals surface area contributed by atoms with Gasteiger partial charge in [0, 0.05) is 24.3 Å². The number of aryl methyl sites for hydroxylation is 1. The highest BCUT2D eigenvalue weighted by Crippen LogP contribution is 2.33. The van der Waals surface area contributed by atoms with Crippen LogP contribution in [0.3, 0.4) is 0 Å². The first-order chi connectivity index (χ1) is 14.5. The van der Waals surface area contributed by atoms with Crippen LogP contribution in [0, 0.1) is 0 Å². The van der Waals surface area contributed by atoms with Crippen LogP contribution < -0.4 is 0 Å². The molecule has 3 rings (SSSR count). The Labute approximate surface area is 177 Å². The molecule has 2 N–H and O–H groups in total. The quantitative estimate of drug-likeness (QED) is 0.556. The zero-order chi connectivity index (χ0) is 21.4. The molecule has 160 valence electrons. The average molecular weight is 436 g/mol. The molecule has 2 heterocycles. The second kappa shape index (κ2) is 10.4. The van der Waals surface area contributed by atoms with E-state index in [0.717, 1.165) is 24.3 Å². The summed E-state index contributed by atoms with van der Waals surface area (Å²) in [5.41, 5.74) is -0.248. The molecule has 1 aromatic heterocycles. The van der Waals surface area contributed by atoms with Gasteiger partial charge < -0.3 is 10.0 Å². The largest absolute Gasteiger partial charge is 0.382 e. The summed E-state index contributed by atoms with van der Waals surface area (Å²) < 4.78 is 28.8. The van der Waals surface area contributed by atoms with Gasteiger partial charge in [-0.05, 0) is 23.3 Å². The molecule has 0 bridgehead atoms. The molecular formula is C20H23F2N5O2S. The molecule has 1 aliphatic heterocycles. The number of nitrogens with zero attached hydrogens (tertiary/aromatic N) is 4. The number of nitrogens with one attached hydrogen (secondary N) is 1. The zero-order valence-electron chi connectivity index (χ0n) is 16.2. The number of aliphatic hydroxyl groups excluding tert-OH is 1. The molecule has 1 fully saturated rings. The number of halogens is 2. The van der Waals surface area contributed by atoms with Gasteiger partial charge in [0.15, 0.2) is 0 Å². The minimum absolute atomic E-state index is 0.0879. The number of hydrogen-bond donors (Lipinski definition) is 2. The van der Waals surface area contributed by atoms with Crippen molar-refractivity contribution < 1.29 is 18.7 Å². The fourth-order valence-electron chi connectivity index (χ4n) is 3.02. The molecule has 2 aromatic rings. The molecule has 10 heteroatoms. The van der Waals surface area contributed by atoms with E-state index in [1.54, 1.807) is 11.0 Å². The van der Waals surface area contributed by atoms with Crippen molar-refractivity contribution in [3.05, 3.63) is 66.0 Å². The van der Waals surface area contributed by atoms with Crippen molar-refractivity contribution in [2.24, 2.45) is 0 Å². The summed E-state index contributed by atoms with van der Waals surface area (Å²) in [5, 5.41) is 23.4. The number of tetrazole rings is 1. The van der Waals surface area contributed by atoms with Crippen molar-refractivity contribution in [1.82, 2.24) is 25.5 Å². The van der Waals surface area contributed by atoms with E-state index in [1.807, 2.05) is 12.2 Å². The molecule has 0 aliphatic carbocycles. The van der Waals surface area contributed by atoms with Crippen LogP contribution in [0.2, 0.25) is 0 Å². The van der Waals surface area contributed by atoms with Crippen molar-refractivity contribution in [2.75, 3.05) is 12.3 Å². The number of carbonyl (C=O) groups is 1. The number of rotatable bonds is 10. The third kappa shape index (κ3) is 5.73. The highest BCUT2D eigenvalue weighted by Gasteiger charge is 2.39. The van der Waals surface area contributed by atoms with Gasteiger partial charge in [0.25, 0.3) is 5.24 Å². The van der Waals surface area contributed by atoms with Crippen molar-refractivity contribution in [2.45, 2.75) is 37.3 Å². The Kier molecular flexibility index (Phi) is 7.69. The number of alkyl halides is 2. The lowest BCUT2D eigenvalue weighted by atomic mass is 10.0. The highest BCUT2D eigenvalue weighted by molar-refractivity contribution is 8.13. The maximum Gasteiger partial charge on any atom is 0.302 e. The summed E-state index contributed by atoms with van der Waals surface area (Å²) in [6, 6.07) is 6.89. The summed E-state index contributed by atoms with van der Waals surface area (Å²) in [5.74, 6) is -2.22. The number of hydrogen-bond acceptors (Lipinski definition) is 6. The number of allylic oxidation sites excluding steroid dienone is 1. The number of aromatic nitrogens is 4. The molecule has 0 radical (unpaired) electrons. The van der Waals surface area contributed by atoms with Crippen LogP contribution in [0.25, 0.3) is 0 Å². The topological polar surface area (TPSA) is 95.0 Å². The third-order valence-electron chi connectivity index (χ3n) is 4.70. The number of amides is 1. The van der Waals surface area contributed by atoms with E-state index in [9.17, 15) is 18.7 Å². The first-order valence-electron chi connectivity index (χ1n) is 9.59. The summed E-state index contributed by atoms with van der Waals surface area (Å²) in [6.45, 7) is 0.479. The molecular weight excluding hydrogens is 412 g/mol. The molecule has 2 atom stereocenters. The summed E-state index contributed by atoms with van der Waals surface area (Å²) in [6.07, 6.45) is 6.70. The Morgan fingerprint density at radius 3 is 2.80 bits per heavy atom. The van der Waals surface area contributed by atoms with Crippen LogP contribution in [0.5, 0.6) is 0 Å². The second-order valence-electron chi connectivity index (χ2n) is 6.80. The summed E-state index contributed by atoms with van der Waals surface area (Å²) in [7, 11) is 0. The Hall–Kier alpha value is -2.59. The van der Waals surface area contributed by atoms with Gasteiger partial charge in [-0.25, -0.2) is 5.10 Å². The Balaban J connectivity index is 1.50. The van der Waals surface area contributed by atoms with E-state index in [0.29, 0.717) is 31.0 Å². The van der Waals surface area contributed by atoms with Gasteiger partial charge in [-0.15, -0.1) is 5.10 Å². The molecule has 1 saturated heterocycles. The predicted octanol–water partition coefficient (Wildman–Crippen LogP) is 3.33. The van der Waals surface area contributed by atoms with Crippen molar-refractivity contribution >= 4 is 17.0 Å². The predicted molar refractivity (Wildman–Crippen MR) is 110 cm³/mol. The van der Waals surface area contributed by atoms with Crippen molar-refractivity contribution in [3.63, 3.8) is 0 Å². The second-order valence-corrected chi connectivity index (χ2v) is 7.77. The van der Waals surface area contributed by atoms with Crippen LogP contribution >= 0.6 is 11.8 Å². The minimum atomic E-state index is -3.40. The Morgan fingerprint density at radius 1 is 1.30 bits per heavy atom. The maximum atomic E-state index is 14.4. The van der Waals surface area contributed by atoms with Crippen LogP contribution in [-0.4, -0.2) is 60.3 Å². The number of benzene rings is 1. The number of carbonyl (C=O) groups excluding carboxylic acids is 1. The molecule has 1 aliphatic rings. The van der Waals surface area contributed by atoms with Crippen molar-refractivity contribution in [1.29, 1.82) is 0 Å². The number of thioether (sulfide) groups is 1. The van der Waals surface area contributed by atoms with Crippen molar-refractivity contribution in [3.8, 4) is 0 Å².